The number of ether oxygens (including phenoxy) is 1. The number of carbonyl (C=O) groups is 1. The summed E-state index contributed by atoms with van der Waals surface area (Å²) in [5, 5.41) is 11.8. The smallest absolute Gasteiger partial charge is 0.290 e. The second kappa shape index (κ2) is 8.42. The summed E-state index contributed by atoms with van der Waals surface area (Å²) in [6.07, 6.45) is 0. The molecule has 2 aliphatic rings. The van der Waals surface area contributed by atoms with Crippen LogP contribution in [-0.4, -0.2) is 60.0 Å². The molecule has 3 aromatic rings. The van der Waals surface area contributed by atoms with Gasteiger partial charge < -0.3 is 14.1 Å². The summed E-state index contributed by atoms with van der Waals surface area (Å²) in [6, 6.07) is 10.6. The molecule has 0 N–H and O–H groups in total. The average molecular weight is 449 g/mol. The number of rotatable bonds is 5. The van der Waals surface area contributed by atoms with Gasteiger partial charge in [0.2, 0.25) is 5.76 Å². The summed E-state index contributed by atoms with van der Waals surface area (Å²) in [5.41, 5.74) is 1.62. The molecule has 0 saturated carbocycles. The van der Waals surface area contributed by atoms with Crippen LogP contribution in [0.4, 0.5) is 5.69 Å². The molecule has 1 atom stereocenters. The van der Waals surface area contributed by atoms with Crippen LogP contribution in [0.15, 0.2) is 51.7 Å². The number of aryl methyl sites for hydroxylation is 1. The Morgan fingerprint density at radius 2 is 1.88 bits per heavy atom. The van der Waals surface area contributed by atoms with E-state index in [0.717, 1.165) is 18.7 Å². The number of nitrogens with zero attached hydrogens (tertiary/aromatic N) is 3. The molecule has 9 heteroatoms. The number of carbonyl (C=O) groups excluding carboxylic acids is 1. The number of nitro groups is 1. The Bertz CT molecular complexity index is 1310. The van der Waals surface area contributed by atoms with Crippen molar-refractivity contribution in [3.63, 3.8) is 0 Å². The fraction of sp³-hybridized carbons (Fsp3) is 0.333. The normalized spacial score (nSPS) is 18.6. The van der Waals surface area contributed by atoms with Gasteiger partial charge in [-0.2, -0.15) is 0 Å². The molecule has 5 rings (SSSR count). The van der Waals surface area contributed by atoms with Gasteiger partial charge >= 0.3 is 0 Å². The molecule has 1 aromatic heterocycles. The van der Waals surface area contributed by atoms with Gasteiger partial charge in [0.25, 0.3) is 11.6 Å². The molecule has 170 valence electrons. The fourth-order valence-corrected chi connectivity index (χ4v) is 4.59. The van der Waals surface area contributed by atoms with E-state index in [9.17, 15) is 19.7 Å². The number of non-ortho nitro benzene ring substituents is 1. The van der Waals surface area contributed by atoms with E-state index in [1.807, 2.05) is 13.0 Å². The highest BCUT2D eigenvalue weighted by Crippen LogP contribution is 2.39. The zero-order valence-corrected chi connectivity index (χ0v) is 18.2. The Balaban J connectivity index is 1.63. The second-order valence-corrected chi connectivity index (χ2v) is 8.38. The van der Waals surface area contributed by atoms with Gasteiger partial charge in [-0.25, -0.2) is 0 Å². The van der Waals surface area contributed by atoms with Gasteiger partial charge in [-0.15, -0.1) is 0 Å². The minimum atomic E-state index is -0.755. The number of benzene rings is 2. The van der Waals surface area contributed by atoms with Crippen LogP contribution in [-0.2, 0) is 4.74 Å². The van der Waals surface area contributed by atoms with Crippen LogP contribution in [0.3, 0.4) is 0 Å². The van der Waals surface area contributed by atoms with Gasteiger partial charge in [0.15, 0.2) is 5.43 Å². The van der Waals surface area contributed by atoms with Crippen molar-refractivity contribution in [2.45, 2.75) is 13.0 Å². The summed E-state index contributed by atoms with van der Waals surface area (Å²) in [6.45, 7) is 5.62. The predicted molar refractivity (Wildman–Crippen MR) is 120 cm³/mol. The zero-order chi connectivity index (χ0) is 23.1. The van der Waals surface area contributed by atoms with Crippen LogP contribution in [0, 0.1) is 17.0 Å². The van der Waals surface area contributed by atoms with Gasteiger partial charge in [-0.1, -0.05) is 23.8 Å². The van der Waals surface area contributed by atoms with Crippen molar-refractivity contribution < 1.29 is 18.9 Å². The number of nitro benzene ring substituents is 1. The maximum atomic E-state index is 13.6. The van der Waals surface area contributed by atoms with E-state index in [1.165, 1.54) is 12.1 Å². The second-order valence-electron chi connectivity index (χ2n) is 8.38. The van der Waals surface area contributed by atoms with Gasteiger partial charge in [-0.3, -0.25) is 24.6 Å². The first-order valence-corrected chi connectivity index (χ1v) is 10.9. The molecule has 2 aliphatic heterocycles. The van der Waals surface area contributed by atoms with E-state index in [4.69, 9.17) is 9.15 Å². The van der Waals surface area contributed by atoms with Crippen molar-refractivity contribution in [2.75, 3.05) is 39.4 Å². The standard InChI is InChI=1S/C24H23N3O6/c1-15-5-6-19-18(13-15)22(28)20-21(16-3-2-4-17(14-16)27(30)31)26(24(29)23(20)33-19)8-7-25-9-11-32-12-10-25/h2-6,13-14,21H,7-12H2,1H3/t21-/m0/s1. The van der Waals surface area contributed by atoms with Crippen molar-refractivity contribution in [2.24, 2.45) is 0 Å². The molecule has 33 heavy (non-hydrogen) atoms. The van der Waals surface area contributed by atoms with Crippen LogP contribution in [0.25, 0.3) is 11.0 Å². The monoisotopic (exact) mass is 449 g/mol. The van der Waals surface area contributed by atoms with Gasteiger partial charge in [0.1, 0.15) is 5.58 Å². The lowest BCUT2D eigenvalue weighted by atomic mass is 9.97. The first kappa shape index (κ1) is 21.3. The van der Waals surface area contributed by atoms with E-state index < -0.39 is 11.0 Å². The van der Waals surface area contributed by atoms with Crippen molar-refractivity contribution in [1.29, 1.82) is 0 Å². The molecule has 0 bridgehead atoms. The Morgan fingerprint density at radius 1 is 1.09 bits per heavy atom. The third kappa shape index (κ3) is 3.79. The quantitative estimate of drug-likeness (QED) is 0.435. The van der Waals surface area contributed by atoms with Gasteiger partial charge in [-0.05, 0) is 24.6 Å². The topological polar surface area (TPSA) is 106 Å². The number of morpholine rings is 1. The van der Waals surface area contributed by atoms with E-state index in [-0.39, 0.29) is 28.3 Å². The first-order chi connectivity index (χ1) is 15.9. The molecule has 2 aromatic carbocycles. The highest BCUT2D eigenvalue weighted by Gasteiger charge is 2.43. The van der Waals surface area contributed by atoms with Gasteiger partial charge in [0, 0.05) is 38.3 Å². The van der Waals surface area contributed by atoms with E-state index in [1.54, 1.807) is 29.2 Å². The predicted octanol–water partition coefficient (Wildman–Crippen LogP) is 2.89. The highest BCUT2D eigenvalue weighted by molar-refractivity contribution is 5.99. The number of hydrogen-bond acceptors (Lipinski definition) is 7. The minimum absolute atomic E-state index is 0.00911. The Hall–Kier alpha value is -3.56. The third-order valence-electron chi connectivity index (χ3n) is 6.28. The van der Waals surface area contributed by atoms with E-state index >= 15 is 0 Å². The lowest BCUT2D eigenvalue weighted by Gasteiger charge is -2.31. The molecule has 3 heterocycles. The Morgan fingerprint density at radius 3 is 2.64 bits per heavy atom. The number of hydrogen-bond donors (Lipinski definition) is 0. The molecular weight excluding hydrogens is 426 g/mol. The summed E-state index contributed by atoms with van der Waals surface area (Å²) >= 11 is 0. The van der Waals surface area contributed by atoms with Crippen LogP contribution >= 0.6 is 0 Å². The summed E-state index contributed by atoms with van der Waals surface area (Å²) in [7, 11) is 0. The molecular formula is C24H23N3O6. The molecule has 0 unspecified atom stereocenters. The number of fused-ring (bicyclic) bond motifs is 2. The Labute approximate surface area is 189 Å². The van der Waals surface area contributed by atoms with Gasteiger partial charge in [0.05, 0.1) is 35.1 Å². The fourth-order valence-electron chi connectivity index (χ4n) is 4.59. The molecule has 0 spiro atoms. The molecule has 1 fully saturated rings. The maximum Gasteiger partial charge on any atom is 0.290 e. The van der Waals surface area contributed by atoms with Crippen molar-refractivity contribution in [3.8, 4) is 0 Å². The summed E-state index contributed by atoms with van der Waals surface area (Å²) in [5.74, 6) is -0.371. The van der Waals surface area contributed by atoms with E-state index in [0.29, 0.717) is 42.8 Å². The lowest BCUT2D eigenvalue weighted by Crippen LogP contribution is -2.42. The van der Waals surface area contributed by atoms with Crippen LogP contribution < -0.4 is 5.43 Å². The van der Waals surface area contributed by atoms with Crippen LogP contribution in [0.1, 0.15) is 33.3 Å². The lowest BCUT2D eigenvalue weighted by molar-refractivity contribution is -0.384. The molecule has 0 radical (unpaired) electrons. The first-order valence-electron chi connectivity index (χ1n) is 10.9. The maximum absolute atomic E-state index is 13.6. The van der Waals surface area contributed by atoms with Crippen LogP contribution in [0.5, 0.6) is 0 Å². The summed E-state index contributed by atoms with van der Waals surface area (Å²) < 4.78 is 11.3. The Kier molecular flexibility index (Phi) is 5.43. The molecule has 1 amide bonds. The molecule has 9 nitrogen and oxygen atoms in total. The zero-order valence-electron chi connectivity index (χ0n) is 18.2. The number of amides is 1. The van der Waals surface area contributed by atoms with Crippen molar-refractivity contribution >= 4 is 22.6 Å². The van der Waals surface area contributed by atoms with Crippen molar-refractivity contribution in [1.82, 2.24) is 9.80 Å². The molecule has 0 aliphatic carbocycles. The van der Waals surface area contributed by atoms with Crippen molar-refractivity contribution in [3.05, 3.63) is 85.3 Å². The van der Waals surface area contributed by atoms with E-state index in [2.05, 4.69) is 4.90 Å². The largest absolute Gasteiger partial charge is 0.450 e. The highest BCUT2D eigenvalue weighted by atomic mass is 16.6. The molecule has 1 saturated heterocycles. The SMILES string of the molecule is Cc1ccc2oc3c(c(=O)c2c1)[C@H](c1cccc([N+](=O)[O-])c1)N(CCN1CCOCC1)C3=O. The average Bonchev–Trinajstić information content (AvgIpc) is 3.11. The van der Waals surface area contributed by atoms with Crippen LogP contribution in [0.2, 0.25) is 0 Å². The summed E-state index contributed by atoms with van der Waals surface area (Å²) in [4.78, 5) is 41.7. The minimum Gasteiger partial charge on any atom is -0.450 e. The third-order valence-corrected chi connectivity index (χ3v) is 6.28.